The number of nitrogens with one attached hydrogen (secondary N) is 1. The maximum absolute atomic E-state index is 14.9. The summed E-state index contributed by atoms with van der Waals surface area (Å²) in [5.74, 6) is 0.243. The zero-order chi connectivity index (χ0) is 24.9. The molecule has 180 valence electrons. The van der Waals surface area contributed by atoms with Crippen molar-refractivity contribution in [2.24, 2.45) is 0 Å². The molecule has 1 aliphatic rings. The fraction of sp³-hybridized carbons (Fsp3) is 0.214. The van der Waals surface area contributed by atoms with E-state index in [-0.39, 0.29) is 23.8 Å². The van der Waals surface area contributed by atoms with E-state index in [9.17, 15) is 9.18 Å². The number of urea groups is 1. The Labute approximate surface area is 207 Å². The van der Waals surface area contributed by atoms with Crippen LogP contribution in [0.25, 0.3) is 27.8 Å². The fourth-order valence-electron chi connectivity index (χ4n) is 4.77. The van der Waals surface area contributed by atoms with Gasteiger partial charge in [0.05, 0.1) is 17.4 Å². The van der Waals surface area contributed by atoms with Gasteiger partial charge in [-0.2, -0.15) is 0 Å². The summed E-state index contributed by atoms with van der Waals surface area (Å²) >= 11 is 0. The monoisotopic (exact) mass is 480 g/mol. The van der Waals surface area contributed by atoms with Crippen LogP contribution in [0.2, 0.25) is 0 Å². The summed E-state index contributed by atoms with van der Waals surface area (Å²) in [6, 6.07) is 15.3. The molecule has 3 heterocycles. The van der Waals surface area contributed by atoms with Gasteiger partial charge in [0.15, 0.2) is 0 Å². The summed E-state index contributed by atoms with van der Waals surface area (Å²) in [6.45, 7) is 0.121. The predicted molar refractivity (Wildman–Crippen MR) is 136 cm³/mol. The average molecular weight is 481 g/mol. The topological polar surface area (TPSA) is 75.4 Å². The molecule has 0 spiro atoms. The van der Waals surface area contributed by atoms with Crippen LogP contribution in [-0.4, -0.2) is 44.4 Å². The third kappa shape index (κ3) is 3.75. The molecule has 0 saturated heterocycles. The van der Waals surface area contributed by atoms with Crippen molar-refractivity contribution in [3.8, 4) is 11.1 Å². The van der Waals surface area contributed by atoms with Gasteiger partial charge in [0, 0.05) is 61.2 Å². The normalized spacial score (nSPS) is 14.2. The molecule has 0 radical (unpaired) electrons. The number of hydrogen-bond donors (Lipinski definition) is 1. The Bertz CT molecular complexity index is 1620. The molecule has 5 aromatic rings. The summed E-state index contributed by atoms with van der Waals surface area (Å²) in [5.41, 5.74) is 5.11. The highest BCUT2D eigenvalue weighted by Gasteiger charge is 2.48. The summed E-state index contributed by atoms with van der Waals surface area (Å²) < 4.78 is 16.9. The number of fused-ring (bicyclic) bond motifs is 2. The highest BCUT2D eigenvalue weighted by molar-refractivity contribution is 5.80. The molecule has 1 fully saturated rings. The van der Waals surface area contributed by atoms with Gasteiger partial charge in [-0.05, 0) is 48.2 Å². The van der Waals surface area contributed by atoms with Crippen molar-refractivity contribution in [3.63, 3.8) is 0 Å². The van der Waals surface area contributed by atoms with Crippen molar-refractivity contribution in [2.75, 3.05) is 14.1 Å². The zero-order valence-corrected chi connectivity index (χ0v) is 20.1. The van der Waals surface area contributed by atoms with Crippen molar-refractivity contribution in [1.82, 2.24) is 29.6 Å². The molecular formula is C28H25FN6O. The van der Waals surface area contributed by atoms with Gasteiger partial charge in [-0.25, -0.2) is 19.2 Å². The highest BCUT2D eigenvalue weighted by Crippen LogP contribution is 2.53. The van der Waals surface area contributed by atoms with Gasteiger partial charge in [-0.3, -0.25) is 9.38 Å². The van der Waals surface area contributed by atoms with E-state index in [1.807, 2.05) is 35.1 Å². The minimum Gasteiger partial charge on any atom is -0.334 e. The Morgan fingerprint density at radius 2 is 1.89 bits per heavy atom. The first-order chi connectivity index (χ1) is 17.4. The van der Waals surface area contributed by atoms with Crippen LogP contribution < -0.4 is 5.32 Å². The summed E-state index contributed by atoms with van der Waals surface area (Å²) in [7, 11) is 3.29. The van der Waals surface area contributed by atoms with Crippen LogP contribution in [0.5, 0.6) is 0 Å². The van der Waals surface area contributed by atoms with E-state index in [0.29, 0.717) is 16.9 Å². The predicted octanol–water partition coefficient (Wildman–Crippen LogP) is 4.93. The molecule has 0 bridgehead atoms. The van der Waals surface area contributed by atoms with Gasteiger partial charge in [0.25, 0.3) is 0 Å². The molecule has 7 nitrogen and oxygen atoms in total. The van der Waals surface area contributed by atoms with Crippen LogP contribution >= 0.6 is 0 Å². The van der Waals surface area contributed by atoms with Crippen LogP contribution in [-0.2, 0) is 12.0 Å². The Morgan fingerprint density at radius 3 is 2.67 bits per heavy atom. The molecule has 36 heavy (non-hydrogen) atoms. The second-order valence-corrected chi connectivity index (χ2v) is 9.51. The molecule has 0 atom stereocenters. The third-order valence-electron chi connectivity index (χ3n) is 6.98. The minimum atomic E-state index is -0.374. The number of imidazole rings is 1. The number of benzene rings is 2. The van der Waals surface area contributed by atoms with Crippen LogP contribution in [0.15, 0.2) is 73.3 Å². The van der Waals surface area contributed by atoms with Gasteiger partial charge in [0.1, 0.15) is 5.82 Å². The molecule has 6 rings (SSSR count). The number of rotatable bonds is 5. The van der Waals surface area contributed by atoms with Crippen molar-refractivity contribution in [3.05, 3.63) is 96.0 Å². The van der Waals surface area contributed by atoms with E-state index >= 15 is 0 Å². The van der Waals surface area contributed by atoms with Gasteiger partial charge < -0.3 is 10.2 Å². The largest absolute Gasteiger partial charge is 0.334 e. The molecule has 3 aromatic heterocycles. The van der Waals surface area contributed by atoms with Crippen LogP contribution in [0.3, 0.4) is 0 Å². The summed E-state index contributed by atoms with van der Waals surface area (Å²) in [6.07, 6.45) is 9.47. The Morgan fingerprint density at radius 1 is 1.06 bits per heavy atom. The van der Waals surface area contributed by atoms with Crippen LogP contribution in [0.1, 0.15) is 29.7 Å². The van der Waals surface area contributed by atoms with Crippen molar-refractivity contribution in [1.29, 1.82) is 0 Å². The lowest BCUT2D eigenvalue weighted by Gasteiger charge is -2.17. The van der Waals surface area contributed by atoms with Gasteiger partial charge in [0.2, 0.25) is 5.78 Å². The highest BCUT2D eigenvalue weighted by atomic mass is 19.1. The first-order valence-corrected chi connectivity index (χ1v) is 11.9. The van der Waals surface area contributed by atoms with E-state index < -0.39 is 0 Å². The van der Waals surface area contributed by atoms with Gasteiger partial charge in [-0.1, -0.05) is 24.3 Å². The number of carbonyl (C=O) groups excluding carboxylic acids is 1. The number of pyridine rings is 1. The molecule has 1 N–H and O–H groups in total. The number of nitrogens with zero attached hydrogens (tertiary/aromatic N) is 5. The minimum absolute atomic E-state index is 0.121. The first kappa shape index (κ1) is 22.2. The number of halogens is 1. The molecule has 0 unspecified atom stereocenters. The van der Waals surface area contributed by atoms with Crippen molar-refractivity contribution in [2.45, 2.75) is 24.8 Å². The molecule has 1 saturated carbocycles. The van der Waals surface area contributed by atoms with Crippen molar-refractivity contribution < 1.29 is 9.18 Å². The second kappa shape index (κ2) is 8.41. The lowest BCUT2D eigenvalue weighted by Crippen LogP contribution is -2.34. The zero-order valence-electron chi connectivity index (χ0n) is 20.1. The smallest absolute Gasteiger partial charge is 0.317 e. The quantitative estimate of drug-likeness (QED) is 0.387. The Hall–Kier alpha value is -4.33. The number of hydrogen-bond acceptors (Lipinski definition) is 4. The summed E-state index contributed by atoms with van der Waals surface area (Å²) in [5, 5.41) is 3.81. The SMILES string of the molecule is CN(C)C(=O)NCc1ccc(-c2cnc3ncc(C4(c5ccc6ncccc6c5)CC4)n3c2)cc1F. The average Bonchev–Trinajstić information content (AvgIpc) is 3.59. The maximum atomic E-state index is 14.9. The number of aromatic nitrogens is 4. The molecule has 0 aliphatic heterocycles. The lowest BCUT2D eigenvalue weighted by molar-refractivity contribution is 0.217. The number of amides is 2. The van der Waals surface area contributed by atoms with Gasteiger partial charge >= 0.3 is 6.03 Å². The number of carbonyl (C=O) groups is 1. The Kier molecular flexibility index (Phi) is 5.17. The van der Waals surface area contributed by atoms with E-state index in [1.54, 1.807) is 26.4 Å². The molecule has 1 aliphatic carbocycles. The van der Waals surface area contributed by atoms with Gasteiger partial charge in [-0.15, -0.1) is 0 Å². The lowest BCUT2D eigenvalue weighted by atomic mass is 9.91. The van der Waals surface area contributed by atoms with E-state index in [0.717, 1.165) is 35.0 Å². The molecule has 2 aromatic carbocycles. The first-order valence-electron chi connectivity index (χ1n) is 11.9. The Balaban J connectivity index is 1.34. The molecular weight excluding hydrogens is 455 g/mol. The molecule has 2 amide bonds. The van der Waals surface area contributed by atoms with E-state index in [1.165, 1.54) is 16.5 Å². The summed E-state index contributed by atoms with van der Waals surface area (Å²) in [4.78, 5) is 26.7. The van der Waals surface area contributed by atoms with Crippen LogP contribution in [0, 0.1) is 5.82 Å². The standard InChI is InChI=1S/C28H25FN6O/c1-34(2)27(36)33-14-20-6-5-18(13-23(20)29)21-15-31-26-32-16-25(35(26)17-21)28(9-10-28)22-7-8-24-19(12-22)4-3-11-30-24/h3-8,11-13,15-17H,9-10,14H2,1-2H3,(H,33,36). The van der Waals surface area contributed by atoms with Crippen LogP contribution in [0.4, 0.5) is 9.18 Å². The second-order valence-electron chi connectivity index (χ2n) is 9.51. The molecule has 8 heteroatoms. The maximum Gasteiger partial charge on any atom is 0.317 e. The van der Waals surface area contributed by atoms with Crippen molar-refractivity contribution >= 4 is 22.7 Å². The fourth-order valence-corrected chi connectivity index (χ4v) is 4.77. The van der Waals surface area contributed by atoms with E-state index in [4.69, 9.17) is 0 Å². The van der Waals surface area contributed by atoms with E-state index in [2.05, 4.69) is 44.5 Å². The third-order valence-corrected chi connectivity index (χ3v) is 6.98.